The van der Waals surface area contributed by atoms with Gasteiger partial charge in [0.05, 0.1) is 19.2 Å². The minimum Gasteiger partial charge on any atom is -0.467 e. The maximum atomic E-state index is 12.0. The van der Waals surface area contributed by atoms with E-state index in [1.807, 2.05) is 5.38 Å². The van der Waals surface area contributed by atoms with Gasteiger partial charge in [-0.05, 0) is 31.2 Å². The van der Waals surface area contributed by atoms with Crippen molar-refractivity contribution in [1.82, 2.24) is 5.32 Å². The lowest BCUT2D eigenvalue weighted by Crippen LogP contribution is -2.37. The van der Waals surface area contributed by atoms with E-state index in [1.54, 1.807) is 11.3 Å². The van der Waals surface area contributed by atoms with Crippen molar-refractivity contribution in [1.29, 1.82) is 0 Å². The van der Waals surface area contributed by atoms with Crippen molar-refractivity contribution in [3.63, 3.8) is 0 Å². The van der Waals surface area contributed by atoms with Crippen molar-refractivity contribution in [3.05, 3.63) is 21.4 Å². The first-order chi connectivity index (χ1) is 9.13. The maximum Gasteiger partial charge on any atom is 0.336 e. The summed E-state index contributed by atoms with van der Waals surface area (Å²) in [5.74, 6) is -0.977. The van der Waals surface area contributed by atoms with Crippen molar-refractivity contribution in [2.45, 2.75) is 31.8 Å². The van der Waals surface area contributed by atoms with E-state index < -0.39 is 12.1 Å². The highest BCUT2D eigenvalue weighted by Crippen LogP contribution is 2.30. The lowest BCUT2D eigenvalue weighted by molar-refractivity contribution is -0.149. The van der Waals surface area contributed by atoms with Crippen LogP contribution in [-0.4, -0.2) is 36.7 Å². The van der Waals surface area contributed by atoms with Gasteiger partial charge in [0.2, 0.25) is 0 Å². The fourth-order valence-electron chi connectivity index (χ4n) is 2.19. The molecule has 1 aliphatic rings. The summed E-state index contributed by atoms with van der Waals surface area (Å²) in [6.07, 6.45) is 2.94. The fourth-order valence-corrected chi connectivity index (χ4v) is 3.31. The van der Waals surface area contributed by atoms with Crippen LogP contribution in [0.25, 0.3) is 0 Å². The molecule has 1 heterocycles. The third-order valence-electron chi connectivity index (χ3n) is 3.24. The minimum atomic E-state index is -1.32. The van der Waals surface area contributed by atoms with Gasteiger partial charge in [-0.2, -0.15) is 0 Å². The number of amides is 1. The molecule has 104 valence electrons. The van der Waals surface area contributed by atoms with E-state index in [4.69, 9.17) is 0 Å². The summed E-state index contributed by atoms with van der Waals surface area (Å²) in [7, 11) is 1.20. The number of esters is 1. The number of carbonyl (C=O) groups excluding carboxylic acids is 2. The smallest absolute Gasteiger partial charge is 0.336 e. The van der Waals surface area contributed by atoms with Gasteiger partial charge in [0.1, 0.15) is 0 Å². The molecule has 0 spiro atoms. The van der Waals surface area contributed by atoms with Crippen LogP contribution in [0.1, 0.15) is 33.6 Å². The number of hydrogen-bond acceptors (Lipinski definition) is 5. The fraction of sp³-hybridized carbons (Fsp3) is 0.538. The van der Waals surface area contributed by atoms with Crippen LogP contribution in [0.4, 0.5) is 0 Å². The van der Waals surface area contributed by atoms with Crippen molar-refractivity contribution < 1.29 is 19.4 Å². The highest BCUT2D eigenvalue weighted by atomic mass is 32.1. The number of thiophene rings is 1. The van der Waals surface area contributed by atoms with Crippen molar-refractivity contribution >= 4 is 23.2 Å². The Balaban J connectivity index is 1.97. The first kappa shape index (κ1) is 14.0. The van der Waals surface area contributed by atoms with E-state index in [9.17, 15) is 14.7 Å². The van der Waals surface area contributed by atoms with E-state index in [-0.39, 0.29) is 12.5 Å². The van der Waals surface area contributed by atoms with Gasteiger partial charge in [-0.3, -0.25) is 4.79 Å². The Morgan fingerprint density at radius 2 is 2.21 bits per heavy atom. The van der Waals surface area contributed by atoms with E-state index in [2.05, 4.69) is 10.1 Å². The monoisotopic (exact) mass is 283 g/mol. The number of fused-ring (bicyclic) bond motifs is 1. The molecule has 1 aromatic rings. The maximum absolute atomic E-state index is 12.0. The molecule has 0 radical (unpaired) electrons. The van der Waals surface area contributed by atoms with Crippen molar-refractivity contribution in [3.8, 4) is 0 Å². The molecule has 2 rings (SSSR count). The minimum absolute atomic E-state index is 0.129. The van der Waals surface area contributed by atoms with Gasteiger partial charge in [0.15, 0.2) is 6.10 Å². The average Bonchev–Trinajstić information content (AvgIpc) is 2.87. The first-order valence-corrected chi connectivity index (χ1v) is 7.14. The lowest BCUT2D eigenvalue weighted by atomic mass is 9.95. The number of rotatable bonds is 4. The van der Waals surface area contributed by atoms with Gasteiger partial charge in [-0.1, -0.05) is 0 Å². The highest BCUT2D eigenvalue weighted by molar-refractivity contribution is 7.10. The molecule has 6 heteroatoms. The molecular weight excluding hydrogens is 266 g/mol. The summed E-state index contributed by atoms with van der Waals surface area (Å²) < 4.78 is 4.39. The number of carbonyl (C=O) groups is 2. The first-order valence-electron chi connectivity index (χ1n) is 6.26. The highest BCUT2D eigenvalue weighted by Gasteiger charge is 2.22. The zero-order valence-electron chi connectivity index (χ0n) is 10.8. The quantitative estimate of drug-likeness (QED) is 0.805. The number of nitrogens with one attached hydrogen (secondary N) is 1. The number of hydrogen-bond donors (Lipinski definition) is 2. The molecule has 1 amide bonds. The zero-order chi connectivity index (χ0) is 13.8. The molecule has 1 aliphatic carbocycles. The summed E-state index contributed by atoms with van der Waals surface area (Å²) in [6, 6.07) is 0. The van der Waals surface area contributed by atoms with Crippen molar-refractivity contribution in [2.24, 2.45) is 0 Å². The molecule has 5 nitrogen and oxygen atoms in total. The molecular formula is C13H17NO4S. The van der Waals surface area contributed by atoms with Gasteiger partial charge >= 0.3 is 5.97 Å². The van der Waals surface area contributed by atoms with Crippen LogP contribution in [0.5, 0.6) is 0 Å². The Morgan fingerprint density at radius 3 is 2.95 bits per heavy atom. The van der Waals surface area contributed by atoms with E-state index >= 15 is 0 Å². The van der Waals surface area contributed by atoms with Gasteiger partial charge in [-0.15, -0.1) is 11.3 Å². The SMILES string of the molecule is COC(=O)C(O)CNC(=O)c1csc2c1CCCC2. The molecule has 2 N–H and O–H groups in total. The molecule has 0 fully saturated rings. The summed E-state index contributed by atoms with van der Waals surface area (Å²) in [5.41, 5.74) is 1.80. The summed E-state index contributed by atoms with van der Waals surface area (Å²) in [6.45, 7) is -0.129. The topological polar surface area (TPSA) is 75.6 Å². The van der Waals surface area contributed by atoms with Gasteiger partial charge in [0, 0.05) is 10.3 Å². The molecule has 0 bridgehead atoms. The molecule has 1 unspecified atom stereocenters. The van der Waals surface area contributed by atoms with Gasteiger partial charge in [-0.25, -0.2) is 4.79 Å². The second-order valence-electron chi connectivity index (χ2n) is 4.51. The molecule has 1 aromatic heterocycles. The Hall–Kier alpha value is -1.40. The number of aryl methyl sites for hydroxylation is 1. The van der Waals surface area contributed by atoms with Crippen LogP contribution in [0.15, 0.2) is 5.38 Å². The average molecular weight is 283 g/mol. The molecule has 0 aliphatic heterocycles. The Kier molecular flexibility index (Phi) is 4.55. The lowest BCUT2D eigenvalue weighted by Gasteiger charge is -2.13. The Morgan fingerprint density at radius 1 is 1.47 bits per heavy atom. The van der Waals surface area contributed by atoms with Crippen LogP contribution < -0.4 is 5.32 Å². The molecule has 0 saturated carbocycles. The second-order valence-corrected chi connectivity index (χ2v) is 5.47. The predicted molar refractivity (Wildman–Crippen MR) is 71.3 cm³/mol. The molecule has 0 aromatic carbocycles. The van der Waals surface area contributed by atoms with Gasteiger partial charge < -0.3 is 15.2 Å². The van der Waals surface area contributed by atoms with E-state index in [0.717, 1.165) is 24.8 Å². The van der Waals surface area contributed by atoms with E-state index in [1.165, 1.54) is 18.4 Å². The van der Waals surface area contributed by atoms with Crippen molar-refractivity contribution in [2.75, 3.05) is 13.7 Å². The second kappa shape index (κ2) is 6.16. The Labute approximate surface area is 115 Å². The Bertz CT molecular complexity index is 483. The molecule has 0 saturated heterocycles. The third kappa shape index (κ3) is 3.13. The van der Waals surface area contributed by atoms with Crippen LogP contribution in [0.2, 0.25) is 0 Å². The third-order valence-corrected chi connectivity index (χ3v) is 4.32. The number of ether oxygens (including phenoxy) is 1. The predicted octanol–water partition coefficient (Wildman–Crippen LogP) is 0.891. The number of aliphatic hydroxyl groups is 1. The number of aliphatic hydroxyl groups excluding tert-OH is 1. The van der Waals surface area contributed by atoms with Crippen LogP contribution in [-0.2, 0) is 22.4 Å². The summed E-state index contributed by atoms with van der Waals surface area (Å²) in [4.78, 5) is 24.3. The summed E-state index contributed by atoms with van der Waals surface area (Å²) >= 11 is 1.61. The van der Waals surface area contributed by atoms with Crippen LogP contribution in [0, 0.1) is 0 Å². The largest absolute Gasteiger partial charge is 0.467 e. The van der Waals surface area contributed by atoms with Crippen LogP contribution >= 0.6 is 11.3 Å². The summed E-state index contributed by atoms with van der Waals surface area (Å²) in [5, 5.41) is 13.8. The van der Waals surface area contributed by atoms with Gasteiger partial charge in [0.25, 0.3) is 5.91 Å². The normalized spacial score (nSPS) is 15.5. The zero-order valence-corrected chi connectivity index (χ0v) is 11.6. The number of methoxy groups -OCH3 is 1. The molecule has 1 atom stereocenters. The van der Waals surface area contributed by atoms with E-state index in [0.29, 0.717) is 5.56 Å². The van der Waals surface area contributed by atoms with Crippen LogP contribution in [0.3, 0.4) is 0 Å². The molecule has 19 heavy (non-hydrogen) atoms. The standard InChI is InChI=1S/C13H17NO4S/c1-18-13(17)10(15)6-14-12(16)9-7-19-11-5-3-2-4-8(9)11/h7,10,15H,2-6H2,1H3,(H,14,16).